The zero-order valence-electron chi connectivity index (χ0n) is 10.6. The first-order valence-corrected chi connectivity index (χ1v) is 6.61. The van der Waals surface area contributed by atoms with Gasteiger partial charge in [0.15, 0.2) is 11.6 Å². The Hall–Kier alpha value is -2.45. The van der Waals surface area contributed by atoms with Crippen LogP contribution in [0, 0.1) is 23.0 Å². The molecule has 0 radical (unpaired) electrons. The SMILES string of the molecule is N#Cc1ccc(-n2c(CCl)nc3ccc(F)c(F)c32)cc1. The summed E-state index contributed by atoms with van der Waals surface area (Å²) in [5, 5.41) is 8.81. The molecule has 6 heteroatoms. The predicted octanol–water partition coefficient (Wildman–Crippen LogP) is 3.91. The first-order valence-electron chi connectivity index (χ1n) is 6.07. The van der Waals surface area contributed by atoms with Crippen molar-refractivity contribution in [3.63, 3.8) is 0 Å². The molecular formula is C15H8ClF2N3. The molecule has 0 bridgehead atoms. The van der Waals surface area contributed by atoms with Gasteiger partial charge in [-0.15, -0.1) is 11.6 Å². The van der Waals surface area contributed by atoms with Crippen molar-refractivity contribution in [2.75, 3.05) is 0 Å². The number of imidazole rings is 1. The van der Waals surface area contributed by atoms with E-state index in [1.54, 1.807) is 24.3 Å². The van der Waals surface area contributed by atoms with Gasteiger partial charge in [0.25, 0.3) is 0 Å². The van der Waals surface area contributed by atoms with Crippen LogP contribution in [0.4, 0.5) is 8.78 Å². The van der Waals surface area contributed by atoms with Crippen molar-refractivity contribution in [1.29, 1.82) is 5.26 Å². The molecule has 3 nitrogen and oxygen atoms in total. The van der Waals surface area contributed by atoms with Gasteiger partial charge in [0.2, 0.25) is 0 Å². The van der Waals surface area contributed by atoms with E-state index in [1.165, 1.54) is 10.6 Å². The Balaban J connectivity index is 2.33. The highest BCUT2D eigenvalue weighted by Crippen LogP contribution is 2.26. The number of nitrogens with zero attached hydrogens (tertiary/aromatic N) is 3. The average Bonchev–Trinajstić information content (AvgIpc) is 2.90. The maximum absolute atomic E-state index is 14.1. The van der Waals surface area contributed by atoms with Crippen molar-refractivity contribution >= 4 is 22.6 Å². The number of rotatable bonds is 2. The van der Waals surface area contributed by atoms with Gasteiger partial charge in [0.05, 0.1) is 23.0 Å². The molecule has 0 amide bonds. The van der Waals surface area contributed by atoms with Crippen LogP contribution in [0.1, 0.15) is 11.4 Å². The first kappa shape index (κ1) is 13.5. The van der Waals surface area contributed by atoms with Crippen molar-refractivity contribution in [3.8, 4) is 11.8 Å². The summed E-state index contributed by atoms with van der Waals surface area (Å²) in [7, 11) is 0. The lowest BCUT2D eigenvalue weighted by Gasteiger charge is -2.08. The molecule has 0 spiro atoms. The minimum Gasteiger partial charge on any atom is -0.293 e. The summed E-state index contributed by atoms with van der Waals surface area (Å²) in [4.78, 5) is 4.21. The summed E-state index contributed by atoms with van der Waals surface area (Å²) in [5.74, 6) is -1.46. The molecule has 21 heavy (non-hydrogen) atoms. The van der Waals surface area contributed by atoms with Crippen LogP contribution in [0.15, 0.2) is 36.4 Å². The fraction of sp³-hybridized carbons (Fsp3) is 0.0667. The Morgan fingerprint density at radius 1 is 1.14 bits per heavy atom. The molecule has 3 aromatic rings. The highest BCUT2D eigenvalue weighted by molar-refractivity contribution is 6.17. The third kappa shape index (κ3) is 2.14. The van der Waals surface area contributed by atoms with Gasteiger partial charge in [-0.3, -0.25) is 4.57 Å². The zero-order chi connectivity index (χ0) is 15.0. The standard InChI is InChI=1S/C15H8ClF2N3/c16-7-13-20-12-6-5-11(17)14(18)15(12)21(13)10-3-1-9(8-19)2-4-10/h1-6H,7H2. The molecule has 0 saturated carbocycles. The maximum Gasteiger partial charge on any atom is 0.185 e. The molecule has 104 valence electrons. The molecule has 0 aliphatic carbocycles. The molecule has 0 N–H and O–H groups in total. The predicted molar refractivity (Wildman–Crippen MR) is 75.3 cm³/mol. The van der Waals surface area contributed by atoms with Crippen LogP contribution in [-0.4, -0.2) is 9.55 Å². The number of halogens is 3. The molecule has 1 aromatic heterocycles. The summed E-state index contributed by atoms with van der Waals surface area (Å²) in [6.07, 6.45) is 0. The van der Waals surface area contributed by atoms with E-state index in [1.807, 2.05) is 6.07 Å². The normalized spacial score (nSPS) is 10.8. The van der Waals surface area contributed by atoms with Crippen LogP contribution in [0.25, 0.3) is 16.7 Å². The van der Waals surface area contributed by atoms with Crippen LogP contribution >= 0.6 is 11.6 Å². The van der Waals surface area contributed by atoms with Crippen molar-refractivity contribution in [3.05, 3.63) is 59.4 Å². The molecule has 0 aliphatic rings. The van der Waals surface area contributed by atoms with Crippen LogP contribution in [0.3, 0.4) is 0 Å². The van der Waals surface area contributed by atoms with E-state index in [-0.39, 0.29) is 11.4 Å². The molecule has 1 heterocycles. The Labute approximate surface area is 124 Å². The van der Waals surface area contributed by atoms with E-state index in [9.17, 15) is 8.78 Å². The molecule has 3 rings (SSSR count). The van der Waals surface area contributed by atoms with Gasteiger partial charge >= 0.3 is 0 Å². The molecule has 0 aliphatic heterocycles. The Bertz CT molecular complexity index is 863. The first-order chi connectivity index (χ1) is 10.2. The van der Waals surface area contributed by atoms with Crippen LogP contribution in [-0.2, 0) is 5.88 Å². The molecule has 0 atom stereocenters. The maximum atomic E-state index is 14.1. The van der Waals surface area contributed by atoms with E-state index in [2.05, 4.69) is 4.98 Å². The van der Waals surface area contributed by atoms with Gasteiger partial charge in [-0.25, -0.2) is 13.8 Å². The topological polar surface area (TPSA) is 41.6 Å². The number of nitriles is 1. The van der Waals surface area contributed by atoms with E-state index < -0.39 is 11.6 Å². The summed E-state index contributed by atoms with van der Waals surface area (Å²) in [5.41, 5.74) is 1.41. The molecule has 0 saturated heterocycles. The van der Waals surface area contributed by atoms with Crippen molar-refractivity contribution in [2.24, 2.45) is 0 Å². The lowest BCUT2D eigenvalue weighted by atomic mass is 10.2. The Morgan fingerprint density at radius 2 is 1.86 bits per heavy atom. The van der Waals surface area contributed by atoms with E-state index in [4.69, 9.17) is 16.9 Å². The molecule has 0 unspecified atom stereocenters. The third-order valence-corrected chi connectivity index (χ3v) is 3.39. The van der Waals surface area contributed by atoms with E-state index in [0.29, 0.717) is 22.6 Å². The zero-order valence-corrected chi connectivity index (χ0v) is 11.4. The molecule has 0 fully saturated rings. The summed E-state index contributed by atoms with van der Waals surface area (Å²) in [6, 6.07) is 10.9. The number of hydrogen-bond acceptors (Lipinski definition) is 2. The van der Waals surface area contributed by atoms with Gasteiger partial charge in [-0.2, -0.15) is 5.26 Å². The van der Waals surface area contributed by atoms with Crippen molar-refractivity contribution in [1.82, 2.24) is 9.55 Å². The van der Waals surface area contributed by atoms with E-state index >= 15 is 0 Å². The average molecular weight is 304 g/mol. The van der Waals surface area contributed by atoms with Crippen molar-refractivity contribution < 1.29 is 8.78 Å². The number of fused-ring (bicyclic) bond motifs is 1. The minimum absolute atomic E-state index is 0.0374. The number of alkyl halides is 1. The van der Waals surface area contributed by atoms with Crippen LogP contribution in [0.2, 0.25) is 0 Å². The van der Waals surface area contributed by atoms with Gasteiger partial charge in [0.1, 0.15) is 11.3 Å². The second-order valence-corrected chi connectivity index (χ2v) is 4.65. The highest BCUT2D eigenvalue weighted by Gasteiger charge is 2.18. The third-order valence-electron chi connectivity index (χ3n) is 3.15. The van der Waals surface area contributed by atoms with Gasteiger partial charge in [-0.05, 0) is 36.4 Å². The van der Waals surface area contributed by atoms with Gasteiger partial charge < -0.3 is 0 Å². The minimum atomic E-state index is -0.972. The summed E-state index contributed by atoms with van der Waals surface area (Å²) in [6.45, 7) is 0. The molecule has 2 aromatic carbocycles. The summed E-state index contributed by atoms with van der Waals surface area (Å²) < 4.78 is 29.1. The lowest BCUT2D eigenvalue weighted by Crippen LogP contribution is -2.01. The fourth-order valence-corrected chi connectivity index (χ4v) is 2.38. The monoisotopic (exact) mass is 303 g/mol. The largest absolute Gasteiger partial charge is 0.293 e. The number of hydrogen-bond donors (Lipinski definition) is 0. The highest BCUT2D eigenvalue weighted by atomic mass is 35.5. The quantitative estimate of drug-likeness (QED) is 0.673. The Kier molecular flexibility index (Phi) is 3.32. The number of benzene rings is 2. The lowest BCUT2D eigenvalue weighted by molar-refractivity contribution is 0.514. The van der Waals surface area contributed by atoms with E-state index in [0.717, 1.165) is 6.07 Å². The second-order valence-electron chi connectivity index (χ2n) is 4.38. The Morgan fingerprint density at radius 3 is 2.48 bits per heavy atom. The fourth-order valence-electron chi connectivity index (χ4n) is 2.20. The smallest absolute Gasteiger partial charge is 0.185 e. The molecular weight excluding hydrogens is 296 g/mol. The van der Waals surface area contributed by atoms with Gasteiger partial charge in [0, 0.05) is 5.69 Å². The van der Waals surface area contributed by atoms with Crippen molar-refractivity contribution in [2.45, 2.75) is 5.88 Å². The van der Waals surface area contributed by atoms with Gasteiger partial charge in [-0.1, -0.05) is 0 Å². The second kappa shape index (κ2) is 5.15. The van der Waals surface area contributed by atoms with Crippen LogP contribution < -0.4 is 0 Å². The van der Waals surface area contributed by atoms with Crippen LogP contribution in [0.5, 0.6) is 0 Å². The number of aromatic nitrogens is 2. The summed E-state index contributed by atoms with van der Waals surface area (Å²) >= 11 is 5.85.